The Hall–Kier alpha value is -0.170. The molecular weight excluding hydrogens is 263 g/mol. The summed E-state index contributed by atoms with van der Waals surface area (Å²) in [6.07, 6.45) is 2.06. The second kappa shape index (κ2) is 5.95. The number of hydrogen-bond acceptors (Lipinski definition) is 0. The van der Waals surface area contributed by atoms with E-state index in [-0.39, 0.29) is 0 Å². The van der Waals surface area contributed by atoms with Crippen LogP contribution in [0.1, 0.15) is 32.3 Å². The van der Waals surface area contributed by atoms with Crippen molar-refractivity contribution in [2.45, 2.75) is 26.7 Å². The molecule has 1 rings (SSSR count). The lowest BCUT2D eigenvalue weighted by Crippen LogP contribution is -1.90. The SMILES string of the molecule is C=C(CCC(C)C)c1cc(Cl)c(Cl)c(Cl)c1. The molecule has 0 saturated carbocycles. The molecule has 0 aliphatic carbocycles. The number of benzene rings is 1. The number of hydrogen-bond donors (Lipinski definition) is 0. The molecule has 16 heavy (non-hydrogen) atoms. The molecule has 0 atom stereocenters. The van der Waals surface area contributed by atoms with Gasteiger partial charge in [0.2, 0.25) is 0 Å². The standard InChI is InChI=1S/C13H15Cl3/c1-8(2)4-5-9(3)10-6-11(14)13(16)12(15)7-10/h6-8H,3-5H2,1-2H3. The summed E-state index contributed by atoms with van der Waals surface area (Å²) in [4.78, 5) is 0. The molecule has 0 N–H and O–H groups in total. The van der Waals surface area contributed by atoms with Crippen LogP contribution < -0.4 is 0 Å². The number of halogens is 3. The molecule has 0 unspecified atom stereocenters. The minimum absolute atomic E-state index is 0.406. The van der Waals surface area contributed by atoms with Crippen molar-refractivity contribution in [1.29, 1.82) is 0 Å². The van der Waals surface area contributed by atoms with E-state index in [4.69, 9.17) is 34.8 Å². The van der Waals surface area contributed by atoms with Gasteiger partial charge in [-0.3, -0.25) is 0 Å². The van der Waals surface area contributed by atoms with Gasteiger partial charge in [-0.25, -0.2) is 0 Å². The molecule has 1 aromatic rings. The van der Waals surface area contributed by atoms with Gasteiger partial charge in [0, 0.05) is 0 Å². The van der Waals surface area contributed by atoms with Crippen molar-refractivity contribution in [2.24, 2.45) is 5.92 Å². The molecule has 1 aromatic carbocycles. The van der Waals surface area contributed by atoms with Crippen molar-refractivity contribution in [2.75, 3.05) is 0 Å². The van der Waals surface area contributed by atoms with Gasteiger partial charge in [0.15, 0.2) is 0 Å². The minimum Gasteiger partial charge on any atom is -0.0952 e. The van der Waals surface area contributed by atoms with Crippen molar-refractivity contribution >= 4 is 40.4 Å². The van der Waals surface area contributed by atoms with E-state index in [0.29, 0.717) is 21.0 Å². The van der Waals surface area contributed by atoms with E-state index in [1.54, 1.807) is 0 Å². The molecule has 0 saturated heterocycles. The Labute approximate surface area is 112 Å². The number of allylic oxidation sites excluding steroid dienone is 1. The fourth-order valence-corrected chi connectivity index (χ4v) is 1.96. The van der Waals surface area contributed by atoms with Gasteiger partial charge < -0.3 is 0 Å². The Kier molecular flexibility index (Phi) is 5.17. The average molecular weight is 278 g/mol. The van der Waals surface area contributed by atoms with Crippen molar-refractivity contribution in [1.82, 2.24) is 0 Å². The zero-order chi connectivity index (χ0) is 12.3. The lowest BCUT2D eigenvalue weighted by molar-refractivity contribution is 0.599. The van der Waals surface area contributed by atoms with Gasteiger partial charge in [-0.05, 0) is 42.0 Å². The summed E-state index contributed by atoms with van der Waals surface area (Å²) < 4.78 is 0. The third kappa shape index (κ3) is 3.69. The molecular formula is C13H15Cl3. The van der Waals surface area contributed by atoms with Crippen molar-refractivity contribution in [3.8, 4) is 0 Å². The maximum Gasteiger partial charge on any atom is 0.0778 e. The van der Waals surface area contributed by atoms with Crippen molar-refractivity contribution in [3.63, 3.8) is 0 Å². The van der Waals surface area contributed by atoms with Crippen LogP contribution in [0.2, 0.25) is 15.1 Å². The summed E-state index contributed by atoms with van der Waals surface area (Å²) in [5.74, 6) is 0.662. The van der Waals surface area contributed by atoms with E-state index < -0.39 is 0 Å². The normalized spacial score (nSPS) is 10.9. The molecule has 3 heteroatoms. The molecule has 0 amide bonds. The minimum atomic E-state index is 0.406. The third-order valence-corrected chi connectivity index (χ3v) is 3.61. The van der Waals surface area contributed by atoms with Gasteiger partial charge in [-0.15, -0.1) is 0 Å². The van der Waals surface area contributed by atoms with Crippen molar-refractivity contribution < 1.29 is 0 Å². The highest BCUT2D eigenvalue weighted by molar-refractivity contribution is 6.48. The highest BCUT2D eigenvalue weighted by atomic mass is 35.5. The molecule has 0 aromatic heterocycles. The first-order chi connectivity index (χ1) is 7.41. The van der Waals surface area contributed by atoms with E-state index in [2.05, 4.69) is 20.4 Å². The molecule has 0 nitrogen and oxygen atoms in total. The molecule has 0 aliphatic heterocycles. The summed E-state index contributed by atoms with van der Waals surface area (Å²) >= 11 is 17.8. The second-order valence-electron chi connectivity index (χ2n) is 4.29. The summed E-state index contributed by atoms with van der Waals surface area (Å²) in [5, 5.41) is 1.37. The molecule has 0 spiro atoms. The summed E-state index contributed by atoms with van der Waals surface area (Å²) in [7, 11) is 0. The van der Waals surface area contributed by atoms with Crippen LogP contribution in [0.4, 0.5) is 0 Å². The summed E-state index contributed by atoms with van der Waals surface area (Å²) in [5.41, 5.74) is 2.02. The molecule has 88 valence electrons. The second-order valence-corrected chi connectivity index (χ2v) is 5.48. The van der Waals surface area contributed by atoms with Crippen LogP contribution >= 0.6 is 34.8 Å². The van der Waals surface area contributed by atoms with Gasteiger partial charge in [-0.1, -0.05) is 55.2 Å². The zero-order valence-electron chi connectivity index (χ0n) is 9.49. The molecule has 0 heterocycles. The fraction of sp³-hybridized carbons (Fsp3) is 0.385. The third-order valence-electron chi connectivity index (χ3n) is 2.42. The largest absolute Gasteiger partial charge is 0.0952 e. The smallest absolute Gasteiger partial charge is 0.0778 e. The van der Waals surface area contributed by atoms with Crippen LogP contribution in [0, 0.1) is 5.92 Å². The Morgan fingerprint density at radius 3 is 2.12 bits per heavy atom. The van der Waals surface area contributed by atoms with Crippen LogP contribution in [-0.2, 0) is 0 Å². The van der Waals surface area contributed by atoms with Gasteiger partial charge in [0.1, 0.15) is 0 Å². The van der Waals surface area contributed by atoms with Crippen LogP contribution in [0.25, 0.3) is 5.57 Å². The molecule has 0 aliphatic rings. The predicted octanol–water partition coefficient (Wildman–Crippen LogP) is 6.10. The maximum absolute atomic E-state index is 5.97. The first kappa shape index (κ1) is 13.9. The Morgan fingerprint density at radius 1 is 1.19 bits per heavy atom. The lowest BCUT2D eigenvalue weighted by Gasteiger charge is -2.10. The van der Waals surface area contributed by atoms with E-state index in [9.17, 15) is 0 Å². The average Bonchev–Trinajstić information content (AvgIpc) is 2.21. The highest BCUT2D eigenvalue weighted by Gasteiger charge is 2.08. The molecule has 0 fully saturated rings. The highest BCUT2D eigenvalue weighted by Crippen LogP contribution is 2.34. The van der Waals surface area contributed by atoms with E-state index in [1.165, 1.54) is 0 Å². The Bertz CT molecular complexity index is 371. The molecule has 0 radical (unpaired) electrons. The fourth-order valence-electron chi connectivity index (χ4n) is 1.37. The Morgan fingerprint density at radius 2 is 1.69 bits per heavy atom. The first-order valence-corrected chi connectivity index (χ1v) is 6.38. The maximum atomic E-state index is 5.97. The van der Waals surface area contributed by atoms with Crippen LogP contribution in [0.15, 0.2) is 18.7 Å². The van der Waals surface area contributed by atoms with Gasteiger partial charge >= 0.3 is 0 Å². The van der Waals surface area contributed by atoms with E-state index in [0.717, 1.165) is 24.0 Å². The van der Waals surface area contributed by atoms with Gasteiger partial charge in [-0.2, -0.15) is 0 Å². The van der Waals surface area contributed by atoms with Crippen LogP contribution in [0.5, 0.6) is 0 Å². The quantitative estimate of drug-likeness (QED) is 0.584. The van der Waals surface area contributed by atoms with E-state index in [1.807, 2.05) is 12.1 Å². The van der Waals surface area contributed by atoms with Crippen LogP contribution in [0.3, 0.4) is 0 Å². The zero-order valence-corrected chi connectivity index (χ0v) is 11.8. The predicted molar refractivity (Wildman–Crippen MR) is 74.6 cm³/mol. The van der Waals surface area contributed by atoms with Crippen LogP contribution in [-0.4, -0.2) is 0 Å². The van der Waals surface area contributed by atoms with Gasteiger partial charge in [0.25, 0.3) is 0 Å². The lowest BCUT2D eigenvalue weighted by atomic mass is 9.98. The monoisotopic (exact) mass is 276 g/mol. The molecule has 0 bridgehead atoms. The summed E-state index contributed by atoms with van der Waals surface area (Å²) in [6, 6.07) is 3.64. The van der Waals surface area contributed by atoms with Gasteiger partial charge in [0.05, 0.1) is 15.1 Å². The topological polar surface area (TPSA) is 0 Å². The Balaban J connectivity index is 2.84. The number of rotatable bonds is 4. The van der Waals surface area contributed by atoms with Crippen molar-refractivity contribution in [3.05, 3.63) is 39.3 Å². The summed E-state index contributed by atoms with van der Waals surface area (Å²) in [6.45, 7) is 8.43. The van der Waals surface area contributed by atoms with E-state index >= 15 is 0 Å². The first-order valence-electron chi connectivity index (χ1n) is 5.24.